The number of hydrogen-bond acceptors (Lipinski definition) is 4. The van der Waals surface area contributed by atoms with Crippen molar-refractivity contribution < 1.29 is 19.1 Å². The van der Waals surface area contributed by atoms with Crippen molar-refractivity contribution in [2.75, 3.05) is 5.32 Å². The number of alkyl carbamates (subject to hydrolysis) is 1. The molecule has 7 heteroatoms. The highest BCUT2D eigenvalue weighted by molar-refractivity contribution is 5.99. The molecule has 0 aromatic heterocycles. The van der Waals surface area contributed by atoms with Gasteiger partial charge in [0, 0.05) is 11.7 Å². The lowest BCUT2D eigenvalue weighted by molar-refractivity contribution is -0.141. The largest absolute Gasteiger partial charge is 0.444 e. The summed E-state index contributed by atoms with van der Waals surface area (Å²) < 4.78 is 5.47. The number of benzene rings is 2. The summed E-state index contributed by atoms with van der Waals surface area (Å²) in [6, 6.07) is 11.8. The minimum atomic E-state index is -0.842. The van der Waals surface area contributed by atoms with Crippen LogP contribution in [0.3, 0.4) is 0 Å². The number of nitrogens with zero attached hydrogens (tertiary/aromatic N) is 1. The Morgan fingerprint density at radius 3 is 2.21 bits per heavy atom. The van der Waals surface area contributed by atoms with Crippen molar-refractivity contribution in [3.8, 4) is 0 Å². The Hall–Kier alpha value is -3.35. The Morgan fingerprint density at radius 1 is 1.00 bits per heavy atom. The van der Waals surface area contributed by atoms with Crippen molar-refractivity contribution in [3.63, 3.8) is 0 Å². The van der Waals surface area contributed by atoms with Crippen LogP contribution in [-0.2, 0) is 14.3 Å². The van der Waals surface area contributed by atoms with Crippen molar-refractivity contribution in [1.82, 2.24) is 10.2 Å². The maximum absolute atomic E-state index is 14.3. The van der Waals surface area contributed by atoms with E-state index >= 15 is 0 Å². The Kier molecular flexibility index (Phi) is 9.23. The Balaban J connectivity index is 2.03. The smallest absolute Gasteiger partial charge is 0.408 e. The molecule has 2 unspecified atom stereocenters. The van der Waals surface area contributed by atoms with E-state index in [1.807, 2.05) is 77.1 Å². The summed E-state index contributed by atoms with van der Waals surface area (Å²) in [5.41, 5.74) is 3.75. The summed E-state index contributed by atoms with van der Waals surface area (Å²) in [5, 5.41) is 5.89. The van der Waals surface area contributed by atoms with Crippen LogP contribution in [0.5, 0.6) is 0 Å². The van der Waals surface area contributed by atoms with Gasteiger partial charge in [0.2, 0.25) is 5.91 Å². The molecule has 2 aromatic carbocycles. The van der Waals surface area contributed by atoms with E-state index in [0.717, 1.165) is 35.1 Å². The van der Waals surface area contributed by atoms with Gasteiger partial charge in [0.05, 0.1) is 0 Å². The second-order valence-electron chi connectivity index (χ2n) is 11.9. The number of nitrogens with one attached hydrogen (secondary N) is 2. The quantitative estimate of drug-likeness (QED) is 0.410. The van der Waals surface area contributed by atoms with E-state index in [-0.39, 0.29) is 23.8 Å². The van der Waals surface area contributed by atoms with Crippen LogP contribution in [0.4, 0.5) is 10.5 Å². The monoisotopic (exact) mass is 521 g/mol. The second kappa shape index (κ2) is 12.0. The normalized spacial score (nSPS) is 15.0. The van der Waals surface area contributed by atoms with E-state index in [4.69, 9.17) is 4.74 Å². The van der Waals surface area contributed by atoms with E-state index in [0.29, 0.717) is 12.1 Å². The molecule has 1 aliphatic carbocycles. The van der Waals surface area contributed by atoms with Crippen LogP contribution in [0.15, 0.2) is 42.5 Å². The molecular weight excluding hydrogens is 478 g/mol. The van der Waals surface area contributed by atoms with E-state index in [1.165, 1.54) is 0 Å². The Bertz CT molecular complexity index is 1160. The van der Waals surface area contributed by atoms with Crippen LogP contribution in [0, 0.1) is 26.7 Å². The predicted octanol–water partition coefficient (Wildman–Crippen LogP) is 6.22. The van der Waals surface area contributed by atoms with Gasteiger partial charge in [0.1, 0.15) is 17.7 Å². The molecule has 0 radical (unpaired) electrons. The van der Waals surface area contributed by atoms with Crippen LogP contribution in [-0.4, -0.2) is 40.5 Å². The maximum atomic E-state index is 14.3. The lowest BCUT2D eigenvalue weighted by Gasteiger charge is -2.36. The van der Waals surface area contributed by atoms with Crippen molar-refractivity contribution in [2.24, 2.45) is 5.92 Å². The van der Waals surface area contributed by atoms with E-state index in [1.54, 1.807) is 25.7 Å². The average molecular weight is 522 g/mol. The molecule has 206 valence electrons. The van der Waals surface area contributed by atoms with E-state index < -0.39 is 23.8 Å². The number of aryl methyl sites for hydroxylation is 3. The number of ether oxygens (including phenoxy) is 1. The third kappa shape index (κ3) is 7.83. The highest BCUT2D eigenvalue weighted by Crippen LogP contribution is 2.38. The van der Waals surface area contributed by atoms with E-state index in [2.05, 4.69) is 10.6 Å². The number of carbonyl (C=O) groups is 3. The van der Waals surface area contributed by atoms with Gasteiger partial charge in [0.15, 0.2) is 0 Å². The SMILES string of the molecule is Cc1ccc(C(C(=O)Nc2ccccc2C)N(C(=O)C(CC(C)C)NC(=O)OC(C)(C)C)C2CC2)c(C)c1. The summed E-state index contributed by atoms with van der Waals surface area (Å²) in [7, 11) is 0. The first kappa shape index (κ1) is 29.2. The summed E-state index contributed by atoms with van der Waals surface area (Å²) in [6.07, 6.45) is 1.41. The van der Waals surface area contributed by atoms with Crippen molar-refractivity contribution in [2.45, 2.75) is 98.4 Å². The van der Waals surface area contributed by atoms with E-state index in [9.17, 15) is 14.4 Å². The van der Waals surface area contributed by atoms with Crippen LogP contribution in [0.2, 0.25) is 0 Å². The first-order valence-electron chi connectivity index (χ1n) is 13.5. The molecule has 1 aliphatic rings. The van der Waals surface area contributed by atoms with Gasteiger partial charge in [-0.05, 0) is 89.5 Å². The van der Waals surface area contributed by atoms with Gasteiger partial charge >= 0.3 is 6.09 Å². The number of amides is 3. The fraction of sp³-hybridized carbons (Fsp3) is 0.516. The molecule has 0 bridgehead atoms. The zero-order valence-electron chi connectivity index (χ0n) is 24.1. The molecule has 0 spiro atoms. The van der Waals surface area contributed by atoms with Crippen LogP contribution < -0.4 is 10.6 Å². The molecule has 0 saturated heterocycles. The first-order chi connectivity index (χ1) is 17.8. The molecule has 2 atom stereocenters. The molecule has 0 aliphatic heterocycles. The van der Waals surface area contributed by atoms with Gasteiger partial charge in [-0.2, -0.15) is 0 Å². The summed E-state index contributed by atoms with van der Waals surface area (Å²) in [6.45, 7) is 15.3. The zero-order valence-corrected chi connectivity index (χ0v) is 24.1. The molecular formula is C31H43N3O4. The van der Waals surface area contributed by atoms with Gasteiger partial charge in [-0.1, -0.05) is 55.8 Å². The van der Waals surface area contributed by atoms with Crippen LogP contribution >= 0.6 is 0 Å². The molecule has 0 heterocycles. The second-order valence-corrected chi connectivity index (χ2v) is 11.9. The van der Waals surface area contributed by atoms with Crippen molar-refractivity contribution >= 4 is 23.6 Å². The average Bonchev–Trinajstić information content (AvgIpc) is 3.62. The molecule has 38 heavy (non-hydrogen) atoms. The Labute approximate surface area is 227 Å². The zero-order chi connectivity index (χ0) is 28.2. The number of rotatable bonds is 9. The topological polar surface area (TPSA) is 87.7 Å². The fourth-order valence-electron chi connectivity index (χ4n) is 4.66. The highest BCUT2D eigenvalue weighted by Gasteiger charge is 2.44. The van der Waals surface area contributed by atoms with Gasteiger partial charge < -0.3 is 20.3 Å². The third-order valence-electron chi connectivity index (χ3n) is 6.54. The number of para-hydroxylation sites is 1. The minimum Gasteiger partial charge on any atom is -0.444 e. The molecule has 1 fully saturated rings. The highest BCUT2D eigenvalue weighted by atomic mass is 16.6. The number of hydrogen-bond donors (Lipinski definition) is 2. The number of carbonyl (C=O) groups excluding carboxylic acids is 3. The van der Waals surface area contributed by atoms with Crippen molar-refractivity contribution in [3.05, 3.63) is 64.7 Å². The van der Waals surface area contributed by atoms with Gasteiger partial charge in [-0.15, -0.1) is 0 Å². The molecule has 1 saturated carbocycles. The fourth-order valence-corrected chi connectivity index (χ4v) is 4.66. The van der Waals surface area contributed by atoms with Crippen molar-refractivity contribution in [1.29, 1.82) is 0 Å². The first-order valence-corrected chi connectivity index (χ1v) is 13.5. The van der Waals surface area contributed by atoms with Gasteiger partial charge in [-0.25, -0.2) is 4.79 Å². The Morgan fingerprint density at radius 2 is 1.66 bits per heavy atom. The lowest BCUT2D eigenvalue weighted by Crippen LogP contribution is -2.53. The summed E-state index contributed by atoms with van der Waals surface area (Å²) >= 11 is 0. The van der Waals surface area contributed by atoms with Crippen LogP contribution in [0.25, 0.3) is 0 Å². The molecule has 2 aromatic rings. The lowest BCUT2D eigenvalue weighted by atomic mass is 9.95. The summed E-state index contributed by atoms with van der Waals surface area (Å²) in [5.74, 6) is -0.399. The minimum absolute atomic E-state index is 0.0778. The molecule has 3 rings (SSSR count). The molecule has 2 N–H and O–H groups in total. The van der Waals surface area contributed by atoms with Gasteiger partial charge in [0.25, 0.3) is 5.91 Å². The predicted molar refractivity (Wildman–Crippen MR) is 151 cm³/mol. The van der Waals surface area contributed by atoms with Gasteiger partial charge in [-0.3, -0.25) is 9.59 Å². The summed E-state index contributed by atoms with van der Waals surface area (Å²) in [4.78, 5) is 42.7. The molecule has 3 amide bonds. The van der Waals surface area contributed by atoms with Crippen LogP contribution in [0.1, 0.15) is 82.2 Å². The molecule has 7 nitrogen and oxygen atoms in total. The standard InChI is InChI=1S/C31H43N3O4/c1-19(2)17-26(33-30(37)38-31(6,7)8)29(36)34(23-14-15-23)27(24-16-13-20(3)18-22(24)5)28(35)32-25-12-10-9-11-21(25)4/h9-13,16,18-19,23,26-27H,14-15,17H2,1-8H3,(H,32,35)(H,33,37). The number of anilines is 1. The third-order valence-corrected chi connectivity index (χ3v) is 6.54. The maximum Gasteiger partial charge on any atom is 0.408 e.